The summed E-state index contributed by atoms with van der Waals surface area (Å²) in [4.78, 5) is 26.5. The van der Waals surface area contributed by atoms with Crippen LogP contribution in [0.3, 0.4) is 0 Å². The van der Waals surface area contributed by atoms with Crippen LogP contribution in [0.5, 0.6) is 0 Å². The number of aryl methyl sites for hydroxylation is 1. The molecule has 11 heteroatoms. The average molecular weight is 485 g/mol. The minimum atomic E-state index is -1.48. The molecule has 0 radical (unpaired) electrons. The van der Waals surface area contributed by atoms with Crippen LogP contribution in [0.1, 0.15) is 65.7 Å². The van der Waals surface area contributed by atoms with Crippen LogP contribution < -0.4 is 11.2 Å². The molecule has 0 bridgehead atoms. The van der Waals surface area contributed by atoms with Gasteiger partial charge in [0.15, 0.2) is 0 Å². The van der Waals surface area contributed by atoms with Gasteiger partial charge in [0.2, 0.25) is 0 Å². The molecule has 1 aliphatic heterocycles. The molecule has 1 aromatic heterocycles. The van der Waals surface area contributed by atoms with Crippen LogP contribution >= 0.6 is 8.53 Å². The highest BCUT2D eigenvalue weighted by atomic mass is 31.2. The zero-order chi connectivity index (χ0) is 24.5. The molecule has 0 spiro atoms. The summed E-state index contributed by atoms with van der Waals surface area (Å²) in [6.07, 6.45) is 1.65. The number of hydrogen-bond donors (Lipinski definition) is 1. The Labute approximate surface area is 196 Å². The molecule has 1 N–H and O–H groups in total. The molecule has 2 heterocycles. The average Bonchev–Trinajstić information content (AvgIpc) is 3.12. The molecule has 0 aromatic carbocycles. The molecule has 2 unspecified atom stereocenters. The second kappa shape index (κ2) is 13.3. The quantitative estimate of drug-likeness (QED) is 0.335. The first-order chi connectivity index (χ1) is 15.7. The van der Waals surface area contributed by atoms with E-state index in [2.05, 4.69) is 43.4 Å². The van der Waals surface area contributed by atoms with Crippen LogP contribution in [0.15, 0.2) is 15.8 Å². The van der Waals surface area contributed by atoms with Gasteiger partial charge in [-0.25, -0.2) is 9.46 Å². The summed E-state index contributed by atoms with van der Waals surface area (Å²) in [5.74, 6) is 0. The van der Waals surface area contributed by atoms with Crippen molar-refractivity contribution in [2.24, 2.45) is 0 Å². The van der Waals surface area contributed by atoms with E-state index in [-0.39, 0.29) is 31.2 Å². The largest absolute Gasteiger partial charge is 0.379 e. The Kier molecular flexibility index (Phi) is 11.2. The molecular formula is C22H37N4O6P. The molecule has 1 aliphatic rings. The highest BCUT2D eigenvalue weighted by Gasteiger charge is 2.41. The van der Waals surface area contributed by atoms with E-state index in [0.29, 0.717) is 25.2 Å². The van der Waals surface area contributed by atoms with Gasteiger partial charge < -0.3 is 18.5 Å². The number of nitrogens with zero attached hydrogens (tertiary/aromatic N) is 3. The number of aromatic amines is 1. The summed E-state index contributed by atoms with van der Waals surface area (Å²) in [5, 5.41) is 8.94. The lowest BCUT2D eigenvalue weighted by Gasteiger charge is -2.37. The number of nitriles is 1. The normalized spacial score (nSPS) is 21.8. The summed E-state index contributed by atoms with van der Waals surface area (Å²) in [6, 6.07) is 2.43. The number of nitrogens with one attached hydrogen (secondary N) is 1. The van der Waals surface area contributed by atoms with Crippen molar-refractivity contribution < 1.29 is 18.5 Å². The molecule has 0 aliphatic carbocycles. The van der Waals surface area contributed by atoms with Crippen molar-refractivity contribution in [3.63, 3.8) is 0 Å². The first-order valence-electron chi connectivity index (χ1n) is 11.5. The minimum absolute atomic E-state index is 0.163. The van der Waals surface area contributed by atoms with Crippen LogP contribution in [0.4, 0.5) is 0 Å². The van der Waals surface area contributed by atoms with Crippen LogP contribution in [0.2, 0.25) is 0 Å². The fourth-order valence-corrected chi connectivity index (χ4v) is 5.44. The van der Waals surface area contributed by atoms with Gasteiger partial charge >= 0.3 is 5.69 Å². The Morgan fingerprint density at radius 2 is 2.00 bits per heavy atom. The first kappa shape index (κ1) is 27.6. The van der Waals surface area contributed by atoms with E-state index in [9.17, 15) is 9.59 Å². The van der Waals surface area contributed by atoms with Gasteiger partial charge in [-0.05, 0) is 41.0 Å². The topological polar surface area (TPSA) is 119 Å². The molecule has 1 fully saturated rings. The van der Waals surface area contributed by atoms with Gasteiger partial charge in [-0.2, -0.15) is 5.26 Å². The van der Waals surface area contributed by atoms with Crippen molar-refractivity contribution in [1.29, 1.82) is 5.26 Å². The first-order valence-corrected chi connectivity index (χ1v) is 12.6. The van der Waals surface area contributed by atoms with Gasteiger partial charge in [0.1, 0.15) is 12.3 Å². The molecule has 10 nitrogen and oxygen atoms in total. The fourth-order valence-electron chi connectivity index (χ4n) is 3.69. The van der Waals surface area contributed by atoms with Crippen LogP contribution in [-0.2, 0) is 18.5 Å². The summed E-state index contributed by atoms with van der Waals surface area (Å²) >= 11 is 0. The van der Waals surface area contributed by atoms with E-state index in [1.165, 1.54) is 10.8 Å². The van der Waals surface area contributed by atoms with E-state index >= 15 is 0 Å². The third-order valence-corrected chi connectivity index (χ3v) is 7.31. The molecule has 0 amide bonds. The Morgan fingerprint density at radius 3 is 2.61 bits per heavy atom. The summed E-state index contributed by atoms with van der Waals surface area (Å²) in [7, 11) is -1.48. The number of aromatic nitrogens is 2. The number of rotatable bonds is 13. The zero-order valence-electron chi connectivity index (χ0n) is 20.4. The standard InChI is InChI=1S/C22H37N4O6P/c1-7-10-29-14-19-18(12-20(31-19)25-13-17(6)21(27)24-22(25)28)32-33(30-11-8-9-23)26(15(2)3)16(4)5/h13,15-16,18-20H,7-8,10-12,14H2,1-6H3,(H,24,27,28)/t18?,19-,20-,33?/m1/s1. The summed E-state index contributed by atoms with van der Waals surface area (Å²) in [5.41, 5.74) is -0.513. The molecule has 0 saturated carbocycles. The fraction of sp³-hybridized carbons (Fsp3) is 0.773. The van der Waals surface area contributed by atoms with Crippen molar-refractivity contribution in [1.82, 2.24) is 14.2 Å². The maximum absolute atomic E-state index is 12.4. The van der Waals surface area contributed by atoms with E-state index < -0.39 is 32.1 Å². The molecule has 186 valence electrons. The lowest BCUT2D eigenvalue weighted by molar-refractivity contribution is -0.0613. The Hall–Kier alpha value is -1.60. The van der Waals surface area contributed by atoms with Gasteiger partial charge in [-0.1, -0.05) is 6.92 Å². The van der Waals surface area contributed by atoms with Gasteiger partial charge in [0.05, 0.1) is 31.8 Å². The smallest absolute Gasteiger partial charge is 0.330 e. The predicted octanol–water partition coefficient (Wildman–Crippen LogP) is 3.22. The minimum Gasteiger partial charge on any atom is -0.379 e. The molecule has 33 heavy (non-hydrogen) atoms. The van der Waals surface area contributed by atoms with Gasteiger partial charge in [0, 0.05) is 36.9 Å². The van der Waals surface area contributed by atoms with E-state index in [0.717, 1.165) is 6.42 Å². The van der Waals surface area contributed by atoms with Crippen LogP contribution in [-0.4, -0.2) is 58.3 Å². The number of H-pyrrole nitrogens is 1. The van der Waals surface area contributed by atoms with Gasteiger partial charge in [-0.3, -0.25) is 14.3 Å². The highest BCUT2D eigenvalue weighted by molar-refractivity contribution is 7.44. The third kappa shape index (κ3) is 7.71. The van der Waals surface area contributed by atoms with Crippen molar-refractivity contribution in [2.45, 2.75) is 91.3 Å². The Morgan fingerprint density at radius 1 is 1.30 bits per heavy atom. The molecule has 2 rings (SSSR count). The number of hydrogen-bond acceptors (Lipinski definition) is 8. The lowest BCUT2D eigenvalue weighted by Crippen LogP contribution is -2.36. The van der Waals surface area contributed by atoms with Crippen molar-refractivity contribution >= 4 is 8.53 Å². The van der Waals surface area contributed by atoms with Gasteiger partial charge in [-0.15, -0.1) is 0 Å². The molecule has 1 saturated heterocycles. The van der Waals surface area contributed by atoms with E-state index in [4.69, 9.17) is 23.8 Å². The summed E-state index contributed by atoms with van der Waals surface area (Å²) in [6.45, 7) is 13.1. The number of ether oxygens (including phenoxy) is 2. The molecule has 4 atom stereocenters. The van der Waals surface area contributed by atoms with Crippen LogP contribution in [0.25, 0.3) is 0 Å². The van der Waals surface area contributed by atoms with Crippen molar-refractivity contribution in [2.75, 3.05) is 19.8 Å². The van der Waals surface area contributed by atoms with Crippen molar-refractivity contribution in [3.05, 3.63) is 32.6 Å². The predicted molar refractivity (Wildman–Crippen MR) is 126 cm³/mol. The second-order valence-electron chi connectivity index (χ2n) is 8.61. The highest BCUT2D eigenvalue weighted by Crippen LogP contribution is 2.49. The Bertz CT molecular complexity index is 888. The molecular weight excluding hydrogens is 447 g/mol. The van der Waals surface area contributed by atoms with Gasteiger partial charge in [0.25, 0.3) is 14.1 Å². The Balaban J connectivity index is 2.29. The molecule has 1 aromatic rings. The van der Waals surface area contributed by atoms with Crippen LogP contribution in [0, 0.1) is 18.3 Å². The SMILES string of the molecule is CCCOC[C@H]1O[C@@H](n2cc(C)c(=O)[nH]c2=O)CC1OP(OCCC#N)N(C(C)C)C(C)C. The summed E-state index contributed by atoms with van der Waals surface area (Å²) < 4.78 is 28.0. The maximum atomic E-state index is 12.4. The lowest BCUT2D eigenvalue weighted by atomic mass is 10.2. The zero-order valence-corrected chi connectivity index (χ0v) is 21.3. The maximum Gasteiger partial charge on any atom is 0.330 e. The van der Waals surface area contributed by atoms with E-state index in [1.54, 1.807) is 6.92 Å². The monoisotopic (exact) mass is 484 g/mol. The van der Waals surface area contributed by atoms with Crippen molar-refractivity contribution in [3.8, 4) is 6.07 Å². The second-order valence-corrected chi connectivity index (χ2v) is 10.0. The third-order valence-electron chi connectivity index (χ3n) is 5.16. The van der Waals surface area contributed by atoms with E-state index in [1.807, 2.05) is 6.92 Å².